The molecule has 3 heterocycles. The molecule has 0 bridgehead atoms. The van der Waals surface area contributed by atoms with Gasteiger partial charge in [0.15, 0.2) is 0 Å². The molecular formula is C15H27N3O. The van der Waals surface area contributed by atoms with E-state index in [-0.39, 0.29) is 5.92 Å². The van der Waals surface area contributed by atoms with Crippen molar-refractivity contribution in [1.29, 1.82) is 0 Å². The van der Waals surface area contributed by atoms with Gasteiger partial charge < -0.3 is 10.2 Å². The third-order valence-electron chi connectivity index (χ3n) is 5.09. The zero-order chi connectivity index (χ0) is 13.2. The summed E-state index contributed by atoms with van der Waals surface area (Å²) in [6.45, 7) is 7.59. The minimum Gasteiger partial charge on any atom is -0.341 e. The van der Waals surface area contributed by atoms with Crippen LogP contribution in [0.4, 0.5) is 0 Å². The summed E-state index contributed by atoms with van der Waals surface area (Å²) in [5.41, 5.74) is 0. The van der Waals surface area contributed by atoms with Gasteiger partial charge in [0.25, 0.3) is 0 Å². The topological polar surface area (TPSA) is 35.6 Å². The maximum absolute atomic E-state index is 12.7. The molecule has 4 heteroatoms. The number of rotatable bonds is 1. The van der Waals surface area contributed by atoms with Crippen LogP contribution < -0.4 is 5.32 Å². The zero-order valence-corrected chi connectivity index (χ0v) is 12.1. The molecule has 0 aromatic carbocycles. The lowest BCUT2D eigenvalue weighted by molar-refractivity contribution is -0.137. The molecule has 0 aromatic heterocycles. The average Bonchev–Trinajstić information content (AvgIpc) is 2.75. The number of amides is 1. The summed E-state index contributed by atoms with van der Waals surface area (Å²) < 4.78 is 0. The first-order valence-corrected chi connectivity index (χ1v) is 8.00. The van der Waals surface area contributed by atoms with Gasteiger partial charge >= 0.3 is 0 Å². The predicted molar refractivity (Wildman–Crippen MR) is 76.0 cm³/mol. The van der Waals surface area contributed by atoms with Gasteiger partial charge in [-0.1, -0.05) is 0 Å². The van der Waals surface area contributed by atoms with Gasteiger partial charge in [-0.3, -0.25) is 9.69 Å². The summed E-state index contributed by atoms with van der Waals surface area (Å²) in [7, 11) is 0. The van der Waals surface area contributed by atoms with Crippen molar-refractivity contribution in [2.24, 2.45) is 5.92 Å². The Hall–Kier alpha value is -0.610. The van der Waals surface area contributed by atoms with Gasteiger partial charge in [-0.2, -0.15) is 0 Å². The van der Waals surface area contributed by atoms with Crippen LogP contribution in [-0.2, 0) is 4.79 Å². The van der Waals surface area contributed by atoms with E-state index in [0.717, 1.165) is 38.9 Å². The van der Waals surface area contributed by atoms with E-state index in [4.69, 9.17) is 0 Å². The monoisotopic (exact) mass is 265 g/mol. The van der Waals surface area contributed by atoms with Crippen LogP contribution in [0.15, 0.2) is 0 Å². The van der Waals surface area contributed by atoms with Crippen molar-refractivity contribution in [3.8, 4) is 0 Å². The van der Waals surface area contributed by atoms with Crippen molar-refractivity contribution in [3.63, 3.8) is 0 Å². The first-order valence-electron chi connectivity index (χ1n) is 8.00. The van der Waals surface area contributed by atoms with E-state index < -0.39 is 0 Å². The van der Waals surface area contributed by atoms with Crippen LogP contribution in [-0.4, -0.2) is 60.5 Å². The van der Waals surface area contributed by atoms with Gasteiger partial charge in [0.2, 0.25) is 5.91 Å². The second-order valence-corrected chi connectivity index (χ2v) is 6.55. The predicted octanol–water partition coefficient (Wildman–Crippen LogP) is 1.07. The van der Waals surface area contributed by atoms with Crippen LogP contribution in [0.5, 0.6) is 0 Å². The van der Waals surface area contributed by atoms with Gasteiger partial charge in [-0.15, -0.1) is 0 Å². The molecule has 3 aliphatic rings. The number of hydrogen-bond donors (Lipinski definition) is 1. The molecule has 1 amide bonds. The third kappa shape index (κ3) is 2.95. The Morgan fingerprint density at radius 3 is 2.84 bits per heavy atom. The van der Waals surface area contributed by atoms with Gasteiger partial charge in [-0.05, 0) is 52.1 Å². The summed E-state index contributed by atoms with van der Waals surface area (Å²) in [5.74, 6) is 0.700. The maximum Gasteiger partial charge on any atom is 0.225 e. The maximum atomic E-state index is 12.7. The minimum atomic E-state index is 0.268. The lowest BCUT2D eigenvalue weighted by Gasteiger charge is -2.33. The van der Waals surface area contributed by atoms with Crippen LogP contribution in [0.3, 0.4) is 0 Å². The van der Waals surface area contributed by atoms with Crippen molar-refractivity contribution in [1.82, 2.24) is 15.1 Å². The average molecular weight is 265 g/mol. The standard InChI is InChI=1S/C15H27N3O/c1-12-10-13(5-6-16-12)15(19)18-9-3-8-17-7-2-4-14(17)11-18/h12-14,16H,2-11H2,1H3. The number of piperidine rings is 1. The van der Waals surface area contributed by atoms with E-state index in [2.05, 4.69) is 22.0 Å². The first-order chi connectivity index (χ1) is 9.24. The molecule has 1 N–H and O–H groups in total. The molecule has 0 saturated carbocycles. The normalized spacial score (nSPS) is 36.9. The highest BCUT2D eigenvalue weighted by Gasteiger charge is 2.34. The fraction of sp³-hybridized carbons (Fsp3) is 0.933. The Labute approximate surface area is 116 Å². The summed E-state index contributed by atoms with van der Waals surface area (Å²) in [6.07, 6.45) is 5.80. The highest BCUT2D eigenvalue weighted by Crippen LogP contribution is 2.24. The lowest BCUT2D eigenvalue weighted by Crippen LogP contribution is -2.46. The van der Waals surface area contributed by atoms with E-state index in [1.54, 1.807) is 0 Å². The quantitative estimate of drug-likeness (QED) is 0.770. The molecule has 3 unspecified atom stereocenters. The number of hydrogen-bond acceptors (Lipinski definition) is 3. The number of fused-ring (bicyclic) bond motifs is 1. The Bertz CT molecular complexity index is 333. The number of nitrogens with one attached hydrogen (secondary N) is 1. The van der Waals surface area contributed by atoms with Crippen LogP contribution >= 0.6 is 0 Å². The highest BCUT2D eigenvalue weighted by atomic mass is 16.2. The van der Waals surface area contributed by atoms with E-state index >= 15 is 0 Å². The summed E-state index contributed by atoms with van der Waals surface area (Å²) in [5, 5.41) is 3.44. The highest BCUT2D eigenvalue weighted by molar-refractivity contribution is 5.79. The Morgan fingerprint density at radius 2 is 2.00 bits per heavy atom. The minimum absolute atomic E-state index is 0.268. The second-order valence-electron chi connectivity index (χ2n) is 6.55. The summed E-state index contributed by atoms with van der Waals surface area (Å²) in [6, 6.07) is 1.14. The fourth-order valence-corrected chi connectivity index (χ4v) is 4.02. The molecule has 3 fully saturated rings. The van der Waals surface area contributed by atoms with Crippen LogP contribution in [0.25, 0.3) is 0 Å². The van der Waals surface area contributed by atoms with E-state index in [9.17, 15) is 4.79 Å². The smallest absolute Gasteiger partial charge is 0.225 e. The van der Waals surface area contributed by atoms with Crippen molar-refractivity contribution < 1.29 is 4.79 Å². The van der Waals surface area contributed by atoms with Crippen molar-refractivity contribution >= 4 is 5.91 Å². The molecule has 19 heavy (non-hydrogen) atoms. The second kappa shape index (κ2) is 5.80. The molecule has 0 radical (unpaired) electrons. The van der Waals surface area contributed by atoms with Gasteiger partial charge in [0.1, 0.15) is 0 Å². The Balaban J connectivity index is 1.62. The molecule has 108 valence electrons. The van der Waals surface area contributed by atoms with E-state index in [0.29, 0.717) is 18.0 Å². The van der Waals surface area contributed by atoms with Gasteiger partial charge in [0, 0.05) is 37.6 Å². The third-order valence-corrected chi connectivity index (χ3v) is 5.09. The molecule has 3 rings (SSSR count). The summed E-state index contributed by atoms with van der Waals surface area (Å²) in [4.78, 5) is 17.5. The Morgan fingerprint density at radius 1 is 1.16 bits per heavy atom. The molecule has 0 aliphatic carbocycles. The number of carbonyl (C=O) groups excluding carboxylic acids is 1. The SMILES string of the molecule is CC1CC(C(=O)N2CCCN3CCCC3C2)CCN1. The van der Waals surface area contributed by atoms with Crippen LogP contribution in [0.2, 0.25) is 0 Å². The molecule has 3 aliphatic heterocycles. The largest absolute Gasteiger partial charge is 0.341 e. The van der Waals surface area contributed by atoms with E-state index in [1.807, 2.05) is 0 Å². The first kappa shape index (κ1) is 13.4. The number of carbonyl (C=O) groups is 1. The molecule has 4 nitrogen and oxygen atoms in total. The van der Waals surface area contributed by atoms with Crippen molar-refractivity contribution in [3.05, 3.63) is 0 Å². The molecule has 0 aromatic rings. The molecule has 3 atom stereocenters. The van der Waals surface area contributed by atoms with Crippen LogP contribution in [0, 0.1) is 5.92 Å². The summed E-state index contributed by atoms with van der Waals surface area (Å²) >= 11 is 0. The zero-order valence-electron chi connectivity index (χ0n) is 12.1. The number of nitrogens with zero attached hydrogens (tertiary/aromatic N) is 2. The van der Waals surface area contributed by atoms with E-state index in [1.165, 1.54) is 25.9 Å². The van der Waals surface area contributed by atoms with Gasteiger partial charge in [-0.25, -0.2) is 0 Å². The van der Waals surface area contributed by atoms with Crippen molar-refractivity contribution in [2.45, 2.75) is 51.1 Å². The van der Waals surface area contributed by atoms with Crippen LogP contribution in [0.1, 0.15) is 39.0 Å². The lowest BCUT2D eigenvalue weighted by atomic mass is 9.92. The molecule has 3 saturated heterocycles. The molecule has 0 spiro atoms. The van der Waals surface area contributed by atoms with Gasteiger partial charge in [0.05, 0.1) is 0 Å². The fourth-order valence-electron chi connectivity index (χ4n) is 4.02. The Kier molecular flexibility index (Phi) is 4.08. The molecular weight excluding hydrogens is 238 g/mol. The van der Waals surface area contributed by atoms with Crippen molar-refractivity contribution in [2.75, 3.05) is 32.7 Å².